The van der Waals surface area contributed by atoms with Gasteiger partial charge >= 0.3 is 5.97 Å². The maximum atomic E-state index is 12.4. The second kappa shape index (κ2) is 10.0. The van der Waals surface area contributed by atoms with E-state index < -0.39 is 0 Å². The molecule has 0 bridgehead atoms. The number of carbonyl (C=O) groups excluding carboxylic acids is 1. The first kappa shape index (κ1) is 20.8. The minimum absolute atomic E-state index is 0.109. The standard InChI is InChI=1S/C21H26N2O3S2/c1-3-25-20(24)17-13-16(12-15-8-5-4-6-9-15)28-19(17)23-21(27)22-14(2)18-10-7-11-26-18/h4-6,8-9,13-14,18H,3,7,10-12H2,1-2H3,(H2,22,23,27)/t14-,18-/m1/s1. The molecule has 2 N–H and O–H groups in total. The Hall–Kier alpha value is -1.96. The van der Waals surface area contributed by atoms with E-state index in [1.54, 1.807) is 6.92 Å². The van der Waals surface area contributed by atoms with Crippen LogP contribution in [-0.2, 0) is 15.9 Å². The van der Waals surface area contributed by atoms with Gasteiger partial charge in [0.2, 0.25) is 0 Å². The second-order valence-corrected chi connectivity index (χ2v) is 8.32. The third-order valence-electron chi connectivity index (χ3n) is 4.61. The smallest absolute Gasteiger partial charge is 0.341 e. The Labute approximate surface area is 175 Å². The zero-order chi connectivity index (χ0) is 19.9. The van der Waals surface area contributed by atoms with Crippen molar-refractivity contribution < 1.29 is 14.3 Å². The maximum Gasteiger partial charge on any atom is 0.341 e. The van der Waals surface area contributed by atoms with Gasteiger partial charge in [0, 0.05) is 17.9 Å². The number of benzene rings is 1. The van der Waals surface area contributed by atoms with Crippen LogP contribution in [0.2, 0.25) is 0 Å². The SMILES string of the molecule is CCOC(=O)c1cc(Cc2ccccc2)sc1NC(=S)N[C@H](C)[C@H]1CCCO1. The third-order valence-corrected chi connectivity index (χ3v) is 5.88. The van der Waals surface area contributed by atoms with E-state index in [-0.39, 0.29) is 18.1 Å². The van der Waals surface area contributed by atoms with E-state index in [0.29, 0.717) is 22.3 Å². The Morgan fingerprint density at radius 3 is 2.86 bits per heavy atom. The molecule has 28 heavy (non-hydrogen) atoms. The van der Waals surface area contributed by atoms with Crippen LogP contribution >= 0.6 is 23.6 Å². The molecule has 2 atom stereocenters. The average molecular weight is 419 g/mol. The van der Waals surface area contributed by atoms with Crippen LogP contribution in [-0.4, -0.2) is 36.4 Å². The number of carbonyl (C=O) groups is 1. The number of rotatable bonds is 7. The summed E-state index contributed by atoms with van der Waals surface area (Å²) in [4.78, 5) is 13.5. The average Bonchev–Trinajstić information content (AvgIpc) is 3.33. The van der Waals surface area contributed by atoms with Crippen molar-refractivity contribution in [1.82, 2.24) is 5.32 Å². The first-order chi connectivity index (χ1) is 13.6. The Morgan fingerprint density at radius 1 is 1.39 bits per heavy atom. The van der Waals surface area contributed by atoms with Gasteiger partial charge in [-0.15, -0.1) is 11.3 Å². The van der Waals surface area contributed by atoms with Gasteiger partial charge in [0.1, 0.15) is 5.00 Å². The molecule has 1 aliphatic rings. The first-order valence-corrected chi connectivity index (χ1v) is 10.8. The van der Waals surface area contributed by atoms with Crippen molar-refractivity contribution in [2.75, 3.05) is 18.5 Å². The van der Waals surface area contributed by atoms with E-state index in [9.17, 15) is 4.79 Å². The number of thiocarbonyl (C=S) groups is 1. The van der Waals surface area contributed by atoms with Crippen LogP contribution in [0.3, 0.4) is 0 Å². The van der Waals surface area contributed by atoms with Crippen LogP contribution in [0.4, 0.5) is 5.00 Å². The summed E-state index contributed by atoms with van der Waals surface area (Å²) in [7, 11) is 0. The van der Waals surface area contributed by atoms with Crippen molar-refractivity contribution in [3.8, 4) is 0 Å². The number of ether oxygens (including phenoxy) is 2. The molecule has 1 aromatic heterocycles. The second-order valence-electron chi connectivity index (χ2n) is 6.78. The predicted octanol–water partition coefficient (Wildman–Crippen LogP) is 4.37. The number of thiophene rings is 1. The summed E-state index contributed by atoms with van der Waals surface area (Å²) in [6.07, 6.45) is 3.04. The van der Waals surface area contributed by atoms with Crippen LogP contribution in [0.5, 0.6) is 0 Å². The molecule has 7 heteroatoms. The molecule has 0 unspecified atom stereocenters. The van der Waals surface area contributed by atoms with Gasteiger partial charge in [-0.3, -0.25) is 0 Å². The highest BCUT2D eigenvalue weighted by Crippen LogP contribution is 2.30. The molecule has 0 aliphatic carbocycles. The fraction of sp³-hybridized carbons (Fsp3) is 0.429. The fourth-order valence-corrected chi connectivity index (χ4v) is 4.65. The van der Waals surface area contributed by atoms with Gasteiger partial charge in [-0.1, -0.05) is 30.3 Å². The maximum absolute atomic E-state index is 12.4. The Bertz CT molecular complexity index is 801. The van der Waals surface area contributed by atoms with E-state index in [4.69, 9.17) is 21.7 Å². The highest BCUT2D eigenvalue weighted by molar-refractivity contribution is 7.80. The van der Waals surface area contributed by atoms with Gasteiger partial charge in [0.25, 0.3) is 0 Å². The van der Waals surface area contributed by atoms with Crippen molar-refractivity contribution in [2.24, 2.45) is 0 Å². The largest absolute Gasteiger partial charge is 0.462 e. The van der Waals surface area contributed by atoms with Crippen molar-refractivity contribution in [2.45, 2.75) is 45.3 Å². The molecular formula is C21H26N2O3S2. The summed E-state index contributed by atoms with van der Waals surface area (Å²) >= 11 is 7.00. The van der Waals surface area contributed by atoms with Crippen LogP contribution < -0.4 is 10.6 Å². The molecule has 1 aliphatic heterocycles. The van der Waals surface area contributed by atoms with E-state index >= 15 is 0 Å². The zero-order valence-electron chi connectivity index (χ0n) is 16.2. The van der Waals surface area contributed by atoms with Crippen molar-refractivity contribution in [3.63, 3.8) is 0 Å². The van der Waals surface area contributed by atoms with Gasteiger partial charge in [-0.05, 0) is 50.5 Å². The molecule has 2 heterocycles. The summed E-state index contributed by atoms with van der Waals surface area (Å²) in [5.74, 6) is -0.337. The molecule has 0 radical (unpaired) electrons. The molecule has 0 saturated carbocycles. The Morgan fingerprint density at radius 2 is 2.18 bits per heavy atom. The van der Waals surface area contributed by atoms with Gasteiger partial charge in [-0.25, -0.2) is 4.79 Å². The molecule has 3 rings (SSSR count). The third kappa shape index (κ3) is 5.53. The monoisotopic (exact) mass is 418 g/mol. The van der Waals surface area contributed by atoms with Crippen molar-refractivity contribution in [1.29, 1.82) is 0 Å². The molecule has 0 spiro atoms. The van der Waals surface area contributed by atoms with Crippen molar-refractivity contribution in [3.05, 3.63) is 52.4 Å². The lowest BCUT2D eigenvalue weighted by molar-refractivity contribution is 0.0528. The molecule has 150 valence electrons. The van der Waals surface area contributed by atoms with Gasteiger partial charge in [-0.2, -0.15) is 0 Å². The predicted molar refractivity (Wildman–Crippen MR) is 117 cm³/mol. The zero-order valence-corrected chi connectivity index (χ0v) is 17.8. The topological polar surface area (TPSA) is 59.6 Å². The Kier molecular flexibility index (Phi) is 7.42. The molecule has 1 aromatic carbocycles. The highest BCUT2D eigenvalue weighted by atomic mass is 32.1. The lowest BCUT2D eigenvalue weighted by Gasteiger charge is -2.21. The number of anilines is 1. The lowest BCUT2D eigenvalue weighted by atomic mass is 10.1. The van der Waals surface area contributed by atoms with Crippen LogP contribution in [0, 0.1) is 0 Å². The van der Waals surface area contributed by atoms with E-state index in [0.717, 1.165) is 30.7 Å². The summed E-state index contributed by atoms with van der Waals surface area (Å²) in [6.45, 7) is 5.00. The van der Waals surface area contributed by atoms with Gasteiger partial charge in [0.05, 0.1) is 24.3 Å². The van der Waals surface area contributed by atoms with Crippen molar-refractivity contribution >= 4 is 39.6 Å². The Balaban J connectivity index is 1.71. The lowest BCUT2D eigenvalue weighted by Crippen LogP contribution is -2.42. The molecule has 0 amide bonds. The van der Waals surface area contributed by atoms with Crippen LogP contribution in [0.1, 0.15) is 47.5 Å². The summed E-state index contributed by atoms with van der Waals surface area (Å²) in [5.41, 5.74) is 1.71. The molecule has 2 aromatic rings. The molecule has 1 fully saturated rings. The fourth-order valence-electron chi connectivity index (χ4n) is 3.22. The molecule has 5 nitrogen and oxygen atoms in total. The quantitative estimate of drug-likeness (QED) is 0.514. The van der Waals surface area contributed by atoms with Crippen LogP contribution in [0.25, 0.3) is 0 Å². The molecular weight excluding hydrogens is 392 g/mol. The summed E-state index contributed by atoms with van der Waals surface area (Å²) < 4.78 is 10.9. The number of esters is 1. The normalized spacial score (nSPS) is 17.1. The first-order valence-electron chi connectivity index (χ1n) is 9.59. The van der Waals surface area contributed by atoms with E-state index in [1.807, 2.05) is 24.3 Å². The summed E-state index contributed by atoms with van der Waals surface area (Å²) in [5, 5.41) is 7.67. The number of hydrogen-bond acceptors (Lipinski definition) is 5. The van der Waals surface area contributed by atoms with E-state index in [2.05, 4.69) is 29.7 Å². The van der Waals surface area contributed by atoms with Gasteiger partial charge in [0.15, 0.2) is 5.11 Å². The van der Waals surface area contributed by atoms with Crippen LogP contribution in [0.15, 0.2) is 36.4 Å². The van der Waals surface area contributed by atoms with Gasteiger partial charge < -0.3 is 20.1 Å². The summed E-state index contributed by atoms with van der Waals surface area (Å²) in [6, 6.07) is 12.2. The minimum atomic E-state index is -0.337. The van der Waals surface area contributed by atoms with E-state index in [1.165, 1.54) is 16.9 Å². The number of nitrogens with one attached hydrogen (secondary N) is 2. The highest BCUT2D eigenvalue weighted by Gasteiger charge is 2.24. The minimum Gasteiger partial charge on any atom is -0.462 e. The molecule has 1 saturated heterocycles. The number of hydrogen-bond donors (Lipinski definition) is 2.